The summed E-state index contributed by atoms with van der Waals surface area (Å²) < 4.78 is -0.525. The lowest BCUT2D eigenvalue weighted by Crippen LogP contribution is -2.42. The van der Waals surface area contributed by atoms with Gasteiger partial charge < -0.3 is 10.2 Å². The highest BCUT2D eigenvalue weighted by atomic mass is 127. The van der Waals surface area contributed by atoms with Gasteiger partial charge in [0.1, 0.15) is 5.82 Å². The summed E-state index contributed by atoms with van der Waals surface area (Å²) in [5.41, 5.74) is 0.775. The second-order valence-corrected chi connectivity index (χ2v) is 9.46. The normalized spacial score (nSPS) is 18.8. The molecular weight excluding hydrogens is 517 g/mol. The molecule has 1 aromatic carbocycles. The highest BCUT2D eigenvalue weighted by molar-refractivity contribution is 14.1. The van der Waals surface area contributed by atoms with Crippen molar-refractivity contribution in [2.75, 3.05) is 25.0 Å². The molecule has 0 bridgehead atoms. The van der Waals surface area contributed by atoms with Crippen LogP contribution in [0, 0.1) is 3.57 Å². The van der Waals surface area contributed by atoms with E-state index in [1.165, 1.54) is 6.42 Å². The first-order valence-electron chi connectivity index (χ1n) is 7.90. The van der Waals surface area contributed by atoms with Crippen LogP contribution < -0.4 is 5.32 Å². The molecule has 1 fully saturated rings. The molecule has 0 amide bonds. The summed E-state index contributed by atoms with van der Waals surface area (Å²) in [6, 6.07) is 6.31. The van der Waals surface area contributed by atoms with Crippen LogP contribution in [0.4, 0.5) is 5.82 Å². The van der Waals surface area contributed by atoms with E-state index in [2.05, 4.69) is 55.8 Å². The van der Waals surface area contributed by atoms with Crippen LogP contribution in [0.3, 0.4) is 0 Å². The molecule has 1 aromatic heterocycles. The smallest absolute Gasteiger partial charge is 0.250 e. The van der Waals surface area contributed by atoms with Crippen LogP contribution in [0.2, 0.25) is 0 Å². The van der Waals surface area contributed by atoms with Crippen molar-refractivity contribution in [1.29, 1.82) is 0 Å². The van der Waals surface area contributed by atoms with Crippen molar-refractivity contribution in [1.82, 2.24) is 14.9 Å². The average Bonchev–Trinajstić information content (AvgIpc) is 2.54. The first-order chi connectivity index (χ1) is 11.4. The number of nitrogens with zero attached hydrogens (tertiary/aromatic N) is 3. The van der Waals surface area contributed by atoms with Crippen LogP contribution in [-0.4, -0.2) is 40.5 Å². The number of rotatable bonds is 3. The molecule has 3 rings (SSSR count). The minimum Gasteiger partial charge on any atom is -0.365 e. The number of anilines is 1. The van der Waals surface area contributed by atoms with Gasteiger partial charge in [0.2, 0.25) is 3.79 Å². The standard InChI is InChI=1S/C16H18Cl3IN4.ClH/c1-2-24-7-3-4-11(9-24)21-14-12-8-10(20)5-6-13(12)22-15(23-14)16(17,18)19;/h5-6,8,11H,2-4,7,9H2,1H3,(H,21,22,23);1H. The molecule has 0 spiro atoms. The maximum absolute atomic E-state index is 6.02. The topological polar surface area (TPSA) is 41.0 Å². The molecule has 0 aliphatic carbocycles. The predicted octanol–water partition coefficient (Wildman–Crippen LogP) is 5.38. The van der Waals surface area contributed by atoms with Crippen LogP contribution in [0.5, 0.6) is 0 Å². The van der Waals surface area contributed by atoms with Crippen molar-refractivity contribution in [2.24, 2.45) is 0 Å². The van der Waals surface area contributed by atoms with E-state index in [4.69, 9.17) is 34.8 Å². The number of halogens is 5. The second kappa shape index (κ2) is 8.93. The van der Waals surface area contributed by atoms with E-state index in [0.717, 1.165) is 46.3 Å². The van der Waals surface area contributed by atoms with E-state index in [-0.39, 0.29) is 18.2 Å². The molecule has 0 saturated carbocycles. The zero-order valence-corrected chi connectivity index (χ0v) is 18.8. The van der Waals surface area contributed by atoms with Crippen molar-refractivity contribution < 1.29 is 0 Å². The second-order valence-electron chi connectivity index (χ2n) is 5.93. The van der Waals surface area contributed by atoms with E-state index in [9.17, 15) is 0 Å². The highest BCUT2D eigenvalue weighted by Gasteiger charge is 2.29. The van der Waals surface area contributed by atoms with Crippen molar-refractivity contribution >= 4 is 86.5 Å². The number of benzene rings is 1. The third kappa shape index (κ3) is 5.36. The van der Waals surface area contributed by atoms with Crippen LogP contribution in [0.1, 0.15) is 25.6 Å². The maximum atomic E-state index is 6.02. The van der Waals surface area contributed by atoms with Crippen molar-refractivity contribution in [3.8, 4) is 0 Å². The molecule has 2 aromatic rings. The van der Waals surface area contributed by atoms with Gasteiger partial charge in [-0.05, 0) is 66.7 Å². The summed E-state index contributed by atoms with van der Waals surface area (Å²) in [6.45, 7) is 5.39. The Kier molecular flexibility index (Phi) is 7.69. The number of hydrogen-bond acceptors (Lipinski definition) is 4. The fourth-order valence-electron chi connectivity index (χ4n) is 2.99. The summed E-state index contributed by atoms with van der Waals surface area (Å²) in [5, 5.41) is 4.51. The number of alkyl halides is 3. The van der Waals surface area contributed by atoms with Gasteiger partial charge in [0.05, 0.1) is 5.52 Å². The number of piperidine rings is 1. The molecule has 1 aliphatic heterocycles. The summed E-state index contributed by atoms with van der Waals surface area (Å²) >= 11 is 20.3. The molecule has 1 unspecified atom stereocenters. The zero-order valence-electron chi connectivity index (χ0n) is 13.6. The van der Waals surface area contributed by atoms with Crippen LogP contribution in [-0.2, 0) is 3.79 Å². The lowest BCUT2D eigenvalue weighted by molar-refractivity contribution is 0.226. The highest BCUT2D eigenvalue weighted by Crippen LogP contribution is 2.38. The van der Waals surface area contributed by atoms with Crippen molar-refractivity contribution in [2.45, 2.75) is 29.6 Å². The summed E-state index contributed by atoms with van der Waals surface area (Å²) in [5.74, 6) is 0.939. The predicted molar refractivity (Wildman–Crippen MR) is 117 cm³/mol. The molecule has 25 heavy (non-hydrogen) atoms. The van der Waals surface area contributed by atoms with Crippen LogP contribution in [0.15, 0.2) is 18.2 Å². The number of nitrogens with one attached hydrogen (secondary N) is 1. The Morgan fingerprint density at radius 1 is 1.32 bits per heavy atom. The molecule has 2 heterocycles. The summed E-state index contributed by atoms with van der Waals surface area (Å²) in [4.78, 5) is 11.4. The molecule has 4 nitrogen and oxygen atoms in total. The minimum absolute atomic E-state index is 0. The van der Waals surface area contributed by atoms with E-state index >= 15 is 0 Å². The van der Waals surface area contributed by atoms with Gasteiger partial charge in [0.15, 0.2) is 5.82 Å². The van der Waals surface area contributed by atoms with E-state index in [1.807, 2.05) is 12.1 Å². The summed E-state index contributed by atoms with van der Waals surface area (Å²) in [7, 11) is 0. The Morgan fingerprint density at radius 3 is 2.76 bits per heavy atom. The van der Waals surface area contributed by atoms with Gasteiger partial charge >= 0.3 is 0 Å². The summed E-state index contributed by atoms with van der Waals surface area (Å²) in [6.07, 6.45) is 2.28. The molecule has 138 valence electrons. The fraction of sp³-hybridized carbons (Fsp3) is 0.500. The SMILES string of the molecule is CCN1CCCC(Nc2nc(C(Cl)(Cl)Cl)nc3ccc(I)cc23)C1.Cl. The number of likely N-dealkylation sites (tertiary alicyclic amines) is 1. The Bertz CT molecular complexity index is 738. The number of hydrogen-bond donors (Lipinski definition) is 1. The Labute approximate surface area is 182 Å². The Hall–Kier alpha value is 0.210. The van der Waals surface area contributed by atoms with E-state index in [1.54, 1.807) is 0 Å². The third-order valence-corrected chi connectivity index (χ3v) is 5.38. The Balaban J connectivity index is 0.00000225. The lowest BCUT2D eigenvalue weighted by atomic mass is 10.1. The number of fused-ring (bicyclic) bond motifs is 1. The van der Waals surface area contributed by atoms with Gasteiger partial charge in [-0.2, -0.15) is 0 Å². The maximum Gasteiger partial charge on any atom is 0.250 e. The number of aromatic nitrogens is 2. The Morgan fingerprint density at radius 2 is 2.08 bits per heavy atom. The number of likely N-dealkylation sites (N-methyl/N-ethyl adjacent to an activating group) is 1. The van der Waals surface area contributed by atoms with E-state index in [0.29, 0.717) is 6.04 Å². The van der Waals surface area contributed by atoms with Gasteiger partial charge in [-0.25, -0.2) is 9.97 Å². The van der Waals surface area contributed by atoms with Gasteiger partial charge in [-0.1, -0.05) is 41.7 Å². The quantitative estimate of drug-likeness (QED) is 0.423. The van der Waals surface area contributed by atoms with Crippen LogP contribution >= 0.6 is 69.8 Å². The molecule has 1 saturated heterocycles. The molecule has 1 aliphatic rings. The van der Waals surface area contributed by atoms with Crippen LogP contribution in [0.25, 0.3) is 10.9 Å². The van der Waals surface area contributed by atoms with Gasteiger partial charge in [0, 0.05) is 21.5 Å². The molecule has 1 atom stereocenters. The van der Waals surface area contributed by atoms with E-state index < -0.39 is 3.79 Å². The fourth-order valence-corrected chi connectivity index (χ4v) is 3.74. The first kappa shape index (κ1) is 21.5. The third-order valence-electron chi connectivity index (χ3n) is 4.20. The van der Waals surface area contributed by atoms with Crippen molar-refractivity contribution in [3.63, 3.8) is 0 Å². The molecule has 0 radical (unpaired) electrons. The monoisotopic (exact) mass is 534 g/mol. The van der Waals surface area contributed by atoms with Gasteiger partial charge in [-0.3, -0.25) is 0 Å². The molecule has 9 heteroatoms. The largest absolute Gasteiger partial charge is 0.365 e. The van der Waals surface area contributed by atoms with Crippen molar-refractivity contribution in [3.05, 3.63) is 27.6 Å². The van der Waals surface area contributed by atoms with Gasteiger partial charge in [-0.15, -0.1) is 12.4 Å². The minimum atomic E-state index is -1.64. The lowest BCUT2D eigenvalue weighted by Gasteiger charge is -2.32. The molecule has 1 N–H and O–H groups in total. The van der Waals surface area contributed by atoms with Gasteiger partial charge in [0.25, 0.3) is 0 Å². The molecular formula is C16H19Cl4IN4. The average molecular weight is 536 g/mol. The first-order valence-corrected chi connectivity index (χ1v) is 10.1. The zero-order chi connectivity index (χ0) is 17.3.